The highest BCUT2D eigenvalue weighted by molar-refractivity contribution is 5.97. The fourth-order valence-corrected chi connectivity index (χ4v) is 3.46. The van der Waals surface area contributed by atoms with Gasteiger partial charge in [-0.3, -0.25) is 4.79 Å². The van der Waals surface area contributed by atoms with Gasteiger partial charge in [0.1, 0.15) is 18.2 Å². The zero-order valence-corrected chi connectivity index (χ0v) is 17.4. The van der Waals surface area contributed by atoms with Gasteiger partial charge in [-0.1, -0.05) is 13.0 Å². The van der Waals surface area contributed by atoms with Crippen molar-refractivity contribution in [1.29, 1.82) is 0 Å². The molecule has 8 heteroatoms. The van der Waals surface area contributed by atoms with Crippen molar-refractivity contribution in [2.75, 3.05) is 18.5 Å². The maximum Gasteiger partial charge on any atom is 0.252 e. The number of rotatable bonds is 8. The van der Waals surface area contributed by atoms with Gasteiger partial charge in [0.25, 0.3) is 5.91 Å². The number of nitrogens with one attached hydrogen (secondary N) is 2. The first-order valence-corrected chi connectivity index (χ1v) is 10.1. The SMILES string of the molecule is C[C@@H](c1ccc(F)c(F)c1)c1ccc(C(N)=O)c(NCCOc2ccc3cc[nH]c3c2)n1. The Labute approximate surface area is 183 Å². The number of nitrogens with zero attached hydrogens (tertiary/aromatic N) is 1. The van der Waals surface area contributed by atoms with Crippen LogP contribution in [0.25, 0.3) is 10.9 Å². The summed E-state index contributed by atoms with van der Waals surface area (Å²) in [6.07, 6.45) is 1.86. The molecule has 0 unspecified atom stereocenters. The third kappa shape index (κ3) is 4.54. The number of pyridine rings is 1. The summed E-state index contributed by atoms with van der Waals surface area (Å²) < 4.78 is 32.7. The van der Waals surface area contributed by atoms with Crippen molar-refractivity contribution in [2.24, 2.45) is 5.73 Å². The number of amides is 1. The lowest BCUT2D eigenvalue weighted by Crippen LogP contribution is -2.19. The Morgan fingerprint density at radius 2 is 1.97 bits per heavy atom. The third-order valence-electron chi connectivity index (χ3n) is 5.26. The van der Waals surface area contributed by atoms with E-state index < -0.39 is 17.5 Å². The van der Waals surface area contributed by atoms with E-state index in [1.54, 1.807) is 12.1 Å². The van der Waals surface area contributed by atoms with Gasteiger partial charge >= 0.3 is 0 Å². The maximum absolute atomic E-state index is 13.6. The lowest BCUT2D eigenvalue weighted by Gasteiger charge is -2.16. The fraction of sp³-hybridized carbons (Fsp3) is 0.167. The molecule has 0 bridgehead atoms. The van der Waals surface area contributed by atoms with E-state index in [1.165, 1.54) is 6.07 Å². The summed E-state index contributed by atoms with van der Waals surface area (Å²) in [6, 6.07) is 14.7. The molecule has 0 saturated heterocycles. The number of halogens is 2. The number of hydrogen-bond donors (Lipinski definition) is 3. The first kappa shape index (κ1) is 21.3. The van der Waals surface area contributed by atoms with Crippen LogP contribution in [0.1, 0.15) is 34.5 Å². The molecule has 0 spiro atoms. The van der Waals surface area contributed by atoms with E-state index >= 15 is 0 Å². The van der Waals surface area contributed by atoms with Gasteiger partial charge < -0.3 is 20.8 Å². The minimum Gasteiger partial charge on any atom is -0.492 e. The van der Waals surface area contributed by atoms with Crippen LogP contribution in [0.5, 0.6) is 5.75 Å². The third-order valence-corrected chi connectivity index (χ3v) is 5.26. The van der Waals surface area contributed by atoms with Crippen molar-refractivity contribution >= 4 is 22.6 Å². The van der Waals surface area contributed by atoms with Gasteiger partial charge in [-0.15, -0.1) is 0 Å². The number of primary amides is 1. The van der Waals surface area contributed by atoms with Crippen molar-refractivity contribution in [2.45, 2.75) is 12.8 Å². The van der Waals surface area contributed by atoms with Crippen molar-refractivity contribution < 1.29 is 18.3 Å². The molecule has 4 N–H and O–H groups in total. The predicted molar refractivity (Wildman–Crippen MR) is 119 cm³/mol. The summed E-state index contributed by atoms with van der Waals surface area (Å²) in [5.41, 5.74) is 7.85. The van der Waals surface area contributed by atoms with Crippen molar-refractivity contribution in [1.82, 2.24) is 9.97 Å². The lowest BCUT2D eigenvalue weighted by molar-refractivity contribution is 0.100. The number of benzene rings is 2. The molecule has 2 aromatic heterocycles. The Morgan fingerprint density at radius 3 is 2.75 bits per heavy atom. The highest BCUT2D eigenvalue weighted by atomic mass is 19.2. The number of aromatic nitrogens is 2. The van der Waals surface area contributed by atoms with Crippen LogP contribution in [0, 0.1) is 11.6 Å². The largest absolute Gasteiger partial charge is 0.492 e. The van der Waals surface area contributed by atoms with Gasteiger partial charge in [0.05, 0.1) is 17.8 Å². The number of carbonyl (C=O) groups excluding carboxylic acids is 1. The Kier molecular flexibility index (Phi) is 6.02. The molecule has 1 amide bonds. The summed E-state index contributed by atoms with van der Waals surface area (Å²) >= 11 is 0. The second-order valence-corrected chi connectivity index (χ2v) is 7.39. The fourth-order valence-electron chi connectivity index (χ4n) is 3.46. The number of hydrogen-bond acceptors (Lipinski definition) is 4. The summed E-state index contributed by atoms with van der Waals surface area (Å²) in [6.45, 7) is 2.52. The van der Waals surface area contributed by atoms with E-state index in [0.717, 1.165) is 23.0 Å². The molecule has 6 nitrogen and oxygen atoms in total. The molecule has 0 aliphatic carbocycles. The van der Waals surface area contributed by atoms with Gasteiger partial charge in [-0.2, -0.15) is 0 Å². The Hall–Kier alpha value is -3.94. The molecule has 0 aliphatic rings. The van der Waals surface area contributed by atoms with Crippen LogP contribution in [0.4, 0.5) is 14.6 Å². The number of H-pyrrole nitrogens is 1. The lowest BCUT2D eigenvalue weighted by atomic mass is 9.96. The summed E-state index contributed by atoms with van der Waals surface area (Å²) in [4.78, 5) is 19.5. The van der Waals surface area contributed by atoms with Gasteiger partial charge in [-0.05, 0) is 53.4 Å². The van der Waals surface area contributed by atoms with Gasteiger partial charge in [0, 0.05) is 23.7 Å². The average molecular weight is 436 g/mol. The van der Waals surface area contributed by atoms with Crippen LogP contribution >= 0.6 is 0 Å². The molecule has 164 valence electrons. The Balaban J connectivity index is 1.46. The molecule has 32 heavy (non-hydrogen) atoms. The molecule has 0 saturated carbocycles. The highest BCUT2D eigenvalue weighted by Gasteiger charge is 2.17. The van der Waals surface area contributed by atoms with Crippen LogP contribution in [-0.4, -0.2) is 29.0 Å². The molecular formula is C24H22F2N4O2. The summed E-state index contributed by atoms with van der Waals surface area (Å²) in [7, 11) is 0. The molecule has 1 atom stereocenters. The van der Waals surface area contributed by atoms with E-state index in [9.17, 15) is 13.6 Å². The normalized spacial score (nSPS) is 12.0. The van der Waals surface area contributed by atoms with Gasteiger partial charge in [0.15, 0.2) is 11.6 Å². The topological polar surface area (TPSA) is 93.0 Å². The zero-order chi connectivity index (χ0) is 22.7. The van der Waals surface area contributed by atoms with Gasteiger partial charge in [0.2, 0.25) is 0 Å². The van der Waals surface area contributed by atoms with Crippen LogP contribution in [0.15, 0.2) is 60.8 Å². The molecule has 2 heterocycles. The van der Waals surface area contributed by atoms with Crippen LogP contribution in [0.3, 0.4) is 0 Å². The summed E-state index contributed by atoms with van der Waals surface area (Å²) in [5.74, 6) is -1.74. The number of ether oxygens (including phenoxy) is 1. The second-order valence-electron chi connectivity index (χ2n) is 7.39. The Morgan fingerprint density at radius 1 is 1.12 bits per heavy atom. The molecule has 0 radical (unpaired) electrons. The number of anilines is 1. The minimum absolute atomic E-state index is 0.235. The van der Waals surface area contributed by atoms with Crippen LogP contribution in [0.2, 0.25) is 0 Å². The first-order valence-electron chi connectivity index (χ1n) is 10.1. The monoisotopic (exact) mass is 436 g/mol. The second kappa shape index (κ2) is 9.05. The highest BCUT2D eigenvalue weighted by Crippen LogP contribution is 2.26. The average Bonchev–Trinajstić information content (AvgIpc) is 3.26. The minimum atomic E-state index is -0.920. The van der Waals surface area contributed by atoms with E-state index in [0.29, 0.717) is 36.0 Å². The van der Waals surface area contributed by atoms with E-state index in [-0.39, 0.29) is 11.5 Å². The zero-order valence-electron chi connectivity index (χ0n) is 17.4. The maximum atomic E-state index is 13.6. The van der Waals surface area contributed by atoms with Crippen molar-refractivity contribution in [3.05, 3.63) is 89.2 Å². The van der Waals surface area contributed by atoms with E-state index in [2.05, 4.69) is 15.3 Å². The standard InChI is InChI=1S/C24H22F2N4O2/c1-14(16-3-6-19(25)20(26)12-16)21-7-5-18(23(27)31)24(30-21)29-10-11-32-17-4-2-15-8-9-28-22(15)13-17/h2-9,12-14,28H,10-11H2,1H3,(H2,27,31)(H,29,30)/t14-/m0/s1. The number of aromatic amines is 1. The van der Waals surface area contributed by atoms with Crippen LogP contribution in [-0.2, 0) is 0 Å². The molecule has 0 fully saturated rings. The van der Waals surface area contributed by atoms with Gasteiger partial charge in [-0.25, -0.2) is 13.8 Å². The predicted octanol–water partition coefficient (Wildman–Crippen LogP) is 4.58. The van der Waals surface area contributed by atoms with Crippen LogP contribution < -0.4 is 15.8 Å². The first-order chi connectivity index (χ1) is 15.4. The molecule has 2 aromatic carbocycles. The molecule has 4 aromatic rings. The number of nitrogens with two attached hydrogens (primary N) is 1. The summed E-state index contributed by atoms with van der Waals surface area (Å²) in [5, 5.41) is 4.18. The van der Waals surface area contributed by atoms with Crippen molar-refractivity contribution in [3.8, 4) is 5.75 Å². The number of carbonyl (C=O) groups is 1. The number of fused-ring (bicyclic) bond motifs is 1. The van der Waals surface area contributed by atoms with E-state index in [4.69, 9.17) is 10.5 Å². The smallest absolute Gasteiger partial charge is 0.252 e. The quantitative estimate of drug-likeness (QED) is 0.353. The molecule has 0 aliphatic heterocycles. The Bertz CT molecular complexity index is 1270. The molecule has 4 rings (SSSR count). The van der Waals surface area contributed by atoms with Crippen molar-refractivity contribution in [3.63, 3.8) is 0 Å². The molecular weight excluding hydrogens is 414 g/mol. The van der Waals surface area contributed by atoms with E-state index in [1.807, 2.05) is 37.4 Å².